The highest BCUT2D eigenvalue weighted by molar-refractivity contribution is 5.44. The second-order valence-corrected chi connectivity index (χ2v) is 6.87. The van der Waals surface area contributed by atoms with E-state index >= 15 is 0 Å². The summed E-state index contributed by atoms with van der Waals surface area (Å²) in [5, 5.41) is 4.38. The summed E-state index contributed by atoms with van der Waals surface area (Å²) in [4.78, 5) is 2.44. The largest absolute Gasteiger partial charge is 0.454 e. The molecule has 1 aromatic carbocycles. The molecular formula is C19H25N3O3. The highest BCUT2D eigenvalue weighted by Gasteiger charge is 2.21. The second-order valence-electron chi connectivity index (χ2n) is 6.87. The zero-order chi connectivity index (χ0) is 17.2. The molecule has 3 heterocycles. The molecule has 0 aliphatic carbocycles. The quantitative estimate of drug-likeness (QED) is 0.807. The van der Waals surface area contributed by atoms with Gasteiger partial charge in [-0.3, -0.25) is 9.58 Å². The van der Waals surface area contributed by atoms with Crippen molar-refractivity contribution in [2.24, 2.45) is 7.05 Å². The van der Waals surface area contributed by atoms with E-state index in [0.29, 0.717) is 12.9 Å². The van der Waals surface area contributed by atoms with Gasteiger partial charge in [-0.25, -0.2) is 0 Å². The minimum atomic E-state index is 0.313. The maximum Gasteiger partial charge on any atom is 0.231 e. The van der Waals surface area contributed by atoms with Crippen LogP contribution < -0.4 is 9.47 Å². The van der Waals surface area contributed by atoms with Gasteiger partial charge in [0.25, 0.3) is 0 Å². The highest BCUT2D eigenvalue weighted by Crippen LogP contribution is 2.33. The first kappa shape index (κ1) is 16.4. The molecule has 1 aromatic heterocycles. The lowest BCUT2D eigenvalue weighted by molar-refractivity contribution is 0.0678. The van der Waals surface area contributed by atoms with Crippen molar-refractivity contribution in [3.05, 3.63) is 41.2 Å². The number of rotatable bonds is 6. The first-order chi connectivity index (χ1) is 12.2. The Labute approximate surface area is 148 Å². The average Bonchev–Trinajstić information content (AvgIpc) is 3.33. The van der Waals surface area contributed by atoms with E-state index in [1.807, 2.05) is 24.0 Å². The zero-order valence-corrected chi connectivity index (χ0v) is 14.9. The molecule has 2 aliphatic rings. The summed E-state index contributed by atoms with van der Waals surface area (Å²) in [5.41, 5.74) is 3.70. The monoisotopic (exact) mass is 343 g/mol. The Morgan fingerprint density at radius 3 is 2.88 bits per heavy atom. The summed E-state index contributed by atoms with van der Waals surface area (Å²) < 4.78 is 18.7. The topological polar surface area (TPSA) is 48.8 Å². The molecule has 1 atom stereocenters. The van der Waals surface area contributed by atoms with Crippen molar-refractivity contribution in [3.63, 3.8) is 0 Å². The van der Waals surface area contributed by atoms with Crippen LogP contribution in [0.15, 0.2) is 24.4 Å². The number of aryl methyl sites for hydroxylation is 1. The lowest BCUT2D eigenvalue weighted by Crippen LogP contribution is -2.31. The Balaban J connectivity index is 1.50. The molecule has 0 unspecified atom stereocenters. The molecule has 6 nitrogen and oxygen atoms in total. The number of ether oxygens (including phenoxy) is 3. The molecule has 2 aliphatic heterocycles. The predicted octanol–water partition coefficient (Wildman–Crippen LogP) is 2.64. The van der Waals surface area contributed by atoms with Gasteiger partial charge in [-0.15, -0.1) is 0 Å². The van der Waals surface area contributed by atoms with E-state index in [4.69, 9.17) is 14.2 Å². The molecule has 1 fully saturated rings. The minimum Gasteiger partial charge on any atom is -0.454 e. The summed E-state index contributed by atoms with van der Waals surface area (Å²) in [6, 6.07) is 6.20. The lowest BCUT2D eigenvalue weighted by Gasteiger charge is -2.25. The number of hydrogen-bond donors (Lipinski definition) is 0. The Morgan fingerprint density at radius 2 is 2.12 bits per heavy atom. The van der Waals surface area contributed by atoms with Crippen LogP contribution in [0.25, 0.3) is 0 Å². The number of benzene rings is 1. The van der Waals surface area contributed by atoms with Crippen LogP contribution in [0, 0.1) is 6.92 Å². The Hall–Kier alpha value is -2.05. The van der Waals surface area contributed by atoms with Crippen LogP contribution in [0.1, 0.15) is 29.7 Å². The van der Waals surface area contributed by atoms with E-state index in [1.54, 1.807) is 0 Å². The van der Waals surface area contributed by atoms with Crippen molar-refractivity contribution in [2.75, 3.05) is 19.9 Å². The van der Waals surface area contributed by atoms with Gasteiger partial charge in [-0.2, -0.15) is 5.10 Å². The highest BCUT2D eigenvalue weighted by atomic mass is 16.7. The molecular weight excluding hydrogens is 318 g/mol. The maximum atomic E-state index is 5.86. The summed E-state index contributed by atoms with van der Waals surface area (Å²) in [6.45, 7) is 5.97. The number of aromatic nitrogens is 2. The Bertz CT molecular complexity index is 738. The van der Waals surface area contributed by atoms with Crippen LogP contribution in [-0.4, -0.2) is 40.7 Å². The van der Waals surface area contributed by atoms with E-state index < -0.39 is 0 Å². The van der Waals surface area contributed by atoms with Crippen LogP contribution in [0.5, 0.6) is 11.5 Å². The van der Waals surface area contributed by atoms with Crippen molar-refractivity contribution in [1.29, 1.82) is 0 Å². The molecule has 0 spiro atoms. The third-order valence-corrected chi connectivity index (χ3v) is 5.06. The molecule has 0 saturated carbocycles. The van der Waals surface area contributed by atoms with Crippen LogP contribution in [0.4, 0.5) is 0 Å². The van der Waals surface area contributed by atoms with Gasteiger partial charge in [0.2, 0.25) is 6.79 Å². The molecule has 6 heteroatoms. The van der Waals surface area contributed by atoms with Gasteiger partial charge in [0.15, 0.2) is 11.5 Å². The number of hydrogen-bond acceptors (Lipinski definition) is 5. The third kappa shape index (κ3) is 3.65. The fourth-order valence-corrected chi connectivity index (χ4v) is 3.50. The summed E-state index contributed by atoms with van der Waals surface area (Å²) >= 11 is 0. The molecule has 4 rings (SSSR count). The fourth-order valence-electron chi connectivity index (χ4n) is 3.50. The smallest absolute Gasteiger partial charge is 0.231 e. The fraction of sp³-hybridized carbons (Fsp3) is 0.526. The number of nitrogens with zero attached hydrogens (tertiary/aromatic N) is 3. The van der Waals surface area contributed by atoms with Gasteiger partial charge in [0.1, 0.15) is 0 Å². The van der Waals surface area contributed by atoms with Crippen molar-refractivity contribution >= 4 is 0 Å². The molecule has 1 saturated heterocycles. The van der Waals surface area contributed by atoms with Gasteiger partial charge in [-0.05, 0) is 37.5 Å². The molecule has 0 radical (unpaired) electrons. The Kier molecular flexibility index (Phi) is 4.63. The van der Waals surface area contributed by atoms with E-state index in [0.717, 1.165) is 50.6 Å². The Morgan fingerprint density at radius 1 is 1.24 bits per heavy atom. The van der Waals surface area contributed by atoms with Gasteiger partial charge < -0.3 is 14.2 Å². The molecule has 0 amide bonds. The number of fused-ring (bicyclic) bond motifs is 1. The zero-order valence-electron chi connectivity index (χ0n) is 14.9. The van der Waals surface area contributed by atoms with Gasteiger partial charge in [0.05, 0.1) is 12.3 Å². The van der Waals surface area contributed by atoms with E-state index in [2.05, 4.69) is 29.1 Å². The van der Waals surface area contributed by atoms with Crippen LogP contribution in [0.3, 0.4) is 0 Å². The second kappa shape index (κ2) is 7.06. The van der Waals surface area contributed by atoms with Crippen molar-refractivity contribution in [3.8, 4) is 11.5 Å². The maximum absolute atomic E-state index is 5.86. The van der Waals surface area contributed by atoms with Crippen LogP contribution >= 0.6 is 0 Å². The van der Waals surface area contributed by atoms with Crippen molar-refractivity contribution in [2.45, 2.75) is 39.0 Å². The van der Waals surface area contributed by atoms with E-state index in [9.17, 15) is 0 Å². The lowest BCUT2D eigenvalue weighted by atomic mass is 10.1. The third-order valence-electron chi connectivity index (χ3n) is 5.06. The predicted molar refractivity (Wildman–Crippen MR) is 93.6 cm³/mol. The standard InChI is InChI=1S/C19H25N3O3/c1-14-16(9-20-21(14)2)11-22(12-17-4-3-7-23-17)10-15-5-6-18-19(8-15)25-13-24-18/h5-6,8-9,17H,3-4,7,10-13H2,1-2H3/t17-/m1/s1. The first-order valence-corrected chi connectivity index (χ1v) is 8.89. The summed E-state index contributed by atoms with van der Waals surface area (Å²) in [7, 11) is 1.99. The molecule has 0 N–H and O–H groups in total. The normalized spacial score (nSPS) is 19.1. The van der Waals surface area contributed by atoms with Gasteiger partial charge in [0, 0.05) is 44.5 Å². The molecule has 2 aromatic rings. The van der Waals surface area contributed by atoms with Gasteiger partial charge >= 0.3 is 0 Å². The molecule has 0 bridgehead atoms. The summed E-state index contributed by atoms with van der Waals surface area (Å²) in [6.07, 6.45) is 4.60. The van der Waals surface area contributed by atoms with E-state index in [-0.39, 0.29) is 0 Å². The average molecular weight is 343 g/mol. The molecule has 25 heavy (non-hydrogen) atoms. The SMILES string of the molecule is Cc1c(CN(Cc2ccc3c(c2)OCO3)C[C@H]2CCCO2)cnn1C. The van der Waals surface area contributed by atoms with Crippen LogP contribution in [0.2, 0.25) is 0 Å². The van der Waals surface area contributed by atoms with Crippen molar-refractivity contribution in [1.82, 2.24) is 14.7 Å². The van der Waals surface area contributed by atoms with Crippen molar-refractivity contribution < 1.29 is 14.2 Å². The van der Waals surface area contributed by atoms with E-state index in [1.165, 1.54) is 16.8 Å². The van der Waals surface area contributed by atoms with Crippen LogP contribution in [-0.2, 0) is 24.9 Å². The minimum absolute atomic E-state index is 0.313. The first-order valence-electron chi connectivity index (χ1n) is 8.89. The molecule has 134 valence electrons. The van der Waals surface area contributed by atoms with Gasteiger partial charge in [-0.1, -0.05) is 6.07 Å². The summed E-state index contributed by atoms with van der Waals surface area (Å²) in [5.74, 6) is 1.67.